The Morgan fingerprint density at radius 1 is 1.53 bits per heavy atom. The number of fused-ring (bicyclic) bond motifs is 3. The molecule has 2 unspecified atom stereocenters. The van der Waals surface area contributed by atoms with Crippen molar-refractivity contribution in [3.8, 4) is 0 Å². The maximum atomic E-state index is 12.9. The average Bonchev–Trinajstić information content (AvgIpc) is 2.96. The maximum Gasteiger partial charge on any atom is 0.327 e. The van der Waals surface area contributed by atoms with Crippen LogP contribution in [0.2, 0.25) is 0 Å². The van der Waals surface area contributed by atoms with Gasteiger partial charge in [-0.3, -0.25) is 9.59 Å². The topological polar surface area (TPSA) is 61.2 Å². The minimum atomic E-state index is -2.73. The second kappa shape index (κ2) is 4.11. The molecule has 1 heterocycles. The molecule has 0 spiro atoms. The van der Waals surface area contributed by atoms with E-state index >= 15 is 0 Å². The maximum absolute atomic E-state index is 12.9. The molecule has 0 aromatic carbocycles. The van der Waals surface area contributed by atoms with Gasteiger partial charge in [0, 0.05) is 11.5 Å². The molecule has 1 saturated carbocycles. The second-order valence-corrected chi connectivity index (χ2v) is 4.72. The Kier molecular flexibility index (Phi) is 2.65. The van der Waals surface area contributed by atoms with E-state index in [1.165, 1.54) is 0 Å². The van der Waals surface area contributed by atoms with Crippen molar-refractivity contribution in [1.82, 2.24) is 9.78 Å². The van der Waals surface area contributed by atoms with Crippen LogP contribution >= 0.6 is 0 Å². The zero-order valence-electron chi connectivity index (χ0n) is 10.2. The van der Waals surface area contributed by atoms with Crippen molar-refractivity contribution in [2.45, 2.75) is 32.2 Å². The molecule has 2 atom stereocenters. The van der Waals surface area contributed by atoms with Gasteiger partial charge >= 0.3 is 5.97 Å². The first kappa shape index (κ1) is 12.3. The summed E-state index contributed by atoms with van der Waals surface area (Å²) < 4.78 is 31.7. The fraction of sp³-hybridized carbons (Fsp3) is 0.583. The second-order valence-electron chi connectivity index (χ2n) is 4.72. The smallest absolute Gasteiger partial charge is 0.327 e. The van der Waals surface area contributed by atoms with Crippen LogP contribution in [0.25, 0.3) is 0 Å². The summed E-state index contributed by atoms with van der Waals surface area (Å²) in [6, 6.07) is 0. The van der Waals surface area contributed by atoms with Crippen molar-refractivity contribution >= 4 is 11.8 Å². The van der Waals surface area contributed by atoms with Crippen LogP contribution in [0, 0.1) is 5.92 Å². The number of alkyl halides is 2. The minimum Gasteiger partial charge on any atom is -0.465 e. The lowest BCUT2D eigenvalue weighted by atomic mass is 10.1. The molecule has 0 radical (unpaired) electrons. The van der Waals surface area contributed by atoms with Crippen molar-refractivity contribution in [2.75, 3.05) is 6.61 Å². The van der Waals surface area contributed by atoms with Crippen LogP contribution in [0.15, 0.2) is 0 Å². The van der Waals surface area contributed by atoms with Gasteiger partial charge in [-0.25, -0.2) is 13.5 Å². The molecule has 0 N–H and O–H groups in total. The molecule has 7 heteroatoms. The number of aromatic nitrogens is 2. The summed E-state index contributed by atoms with van der Waals surface area (Å²) in [6.07, 6.45) is -2.11. The van der Waals surface area contributed by atoms with Crippen LogP contribution in [-0.4, -0.2) is 28.1 Å². The Bertz CT molecular complexity index is 568. The third-order valence-electron chi connectivity index (χ3n) is 3.54. The van der Waals surface area contributed by atoms with Gasteiger partial charge in [-0.15, -0.1) is 0 Å². The van der Waals surface area contributed by atoms with Crippen molar-refractivity contribution in [1.29, 1.82) is 0 Å². The van der Waals surface area contributed by atoms with E-state index in [9.17, 15) is 18.4 Å². The number of halogens is 2. The highest BCUT2D eigenvalue weighted by Gasteiger charge is 2.56. The number of carbonyl (C=O) groups is 2. The summed E-state index contributed by atoms with van der Waals surface area (Å²) in [6.45, 7) is 1.55. The Hall–Kier alpha value is -1.79. The third kappa shape index (κ3) is 1.75. The SMILES string of the molecule is CCOC(=O)Cn1nc(C(F)F)c2c1C(=O)C1CC21. The number of esters is 1. The molecular formula is C12H12F2N2O3. The first-order valence-corrected chi connectivity index (χ1v) is 6.13. The van der Waals surface area contributed by atoms with E-state index in [4.69, 9.17) is 4.74 Å². The van der Waals surface area contributed by atoms with Crippen LogP contribution in [-0.2, 0) is 16.1 Å². The summed E-state index contributed by atoms with van der Waals surface area (Å²) in [5.74, 6) is -1.06. The number of hydrogen-bond donors (Lipinski definition) is 0. The normalized spacial score (nSPS) is 23.5. The molecule has 3 rings (SSSR count). The number of ketones is 1. The molecule has 1 aromatic rings. The number of ether oxygens (including phenoxy) is 1. The average molecular weight is 270 g/mol. The Morgan fingerprint density at radius 2 is 2.26 bits per heavy atom. The first-order valence-electron chi connectivity index (χ1n) is 6.13. The summed E-state index contributed by atoms with van der Waals surface area (Å²) in [7, 11) is 0. The van der Waals surface area contributed by atoms with Crippen molar-refractivity contribution in [2.24, 2.45) is 5.92 Å². The van der Waals surface area contributed by atoms with Crippen molar-refractivity contribution in [3.63, 3.8) is 0 Å². The highest BCUT2D eigenvalue weighted by atomic mass is 19.3. The predicted octanol–water partition coefficient (Wildman–Crippen LogP) is 1.68. The predicted molar refractivity (Wildman–Crippen MR) is 59.0 cm³/mol. The molecule has 102 valence electrons. The molecule has 0 amide bonds. The molecule has 1 aromatic heterocycles. The van der Waals surface area contributed by atoms with Crippen LogP contribution in [0.1, 0.15) is 47.4 Å². The lowest BCUT2D eigenvalue weighted by Gasteiger charge is -2.05. The van der Waals surface area contributed by atoms with Crippen LogP contribution < -0.4 is 0 Å². The number of rotatable bonds is 4. The van der Waals surface area contributed by atoms with E-state index in [-0.39, 0.29) is 42.2 Å². The standard InChI is InChI=1S/C12H12F2N2O3/c1-2-19-7(17)4-16-10-8(9(15-16)12(13)14)5-3-6(5)11(10)18/h5-6,12H,2-4H2,1H3. The molecule has 2 aliphatic rings. The van der Waals surface area contributed by atoms with Gasteiger partial charge in [0.05, 0.1) is 6.61 Å². The van der Waals surface area contributed by atoms with E-state index in [1.54, 1.807) is 6.92 Å². The summed E-state index contributed by atoms with van der Waals surface area (Å²) in [5, 5.41) is 3.73. The molecule has 0 aliphatic heterocycles. The molecule has 0 bridgehead atoms. The van der Waals surface area contributed by atoms with Crippen LogP contribution in [0.3, 0.4) is 0 Å². The van der Waals surface area contributed by atoms with Crippen LogP contribution in [0.4, 0.5) is 8.78 Å². The highest BCUT2D eigenvalue weighted by molar-refractivity contribution is 6.05. The van der Waals surface area contributed by atoms with Gasteiger partial charge in [-0.1, -0.05) is 0 Å². The Labute approximate surface area is 107 Å². The van der Waals surface area contributed by atoms with Gasteiger partial charge in [0.15, 0.2) is 5.78 Å². The lowest BCUT2D eigenvalue weighted by molar-refractivity contribution is -0.144. The zero-order valence-corrected chi connectivity index (χ0v) is 10.2. The Morgan fingerprint density at radius 3 is 2.89 bits per heavy atom. The van der Waals surface area contributed by atoms with Gasteiger partial charge in [0.25, 0.3) is 6.43 Å². The van der Waals surface area contributed by atoms with E-state index in [0.717, 1.165) is 4.68 Å². The van der Waals surface area contributed by atoms with Gasteiger partial charge < -0.3 is 4.74 Å². The monoisotopic (exact) mass is 270 g/mol. The summed E-state index contributed by atoms with van der Waals surface area (Å²) in [4.78, 5) is 23.4. The summed E-state index contributed by atoms with van der Waals surface area (Å²) in [5.41, 5.74) is 0.150. The number of nitrogens with zero attached hydrogens (tertiary/aromatic N) is 2. The largest absolute Gasteiger partial charge is 0.465 e. The van der Waals surface area contributed by atoms with Crippen molar-refractivity contribution in [3.05, 3.63) is 17.0 Å². The fourth-order valence-electron chi connectivity index (χ4n) is 2.70. The molecule has 19 heavy (non-hydrogen) atoms. The first-order chi connectivity index (χ1) is 9.04. The van der Waals surface area contributed by atoms with E-state index in [2.05, 4.69) is 5.10 Å². The van der Waals surface area contributed by atoms with E-state index < -0.39 is 12.4 Å². The quantitative estimate of drug-likeness (QED) is 0.781. The van der Waals surface area contributed by atoms with Gasteiger partial charge in [0.1, 0.15) is 17.9 Å². The molecular weight excluding hydrogens is 258 g/mol. The van der Waals surface area contributed by atoms with Gasteiger partial charge in [-0.05, 0) is 19.3 Å². The molecule has 1 fully saturated rings. The molecule has 5 nitrogen and oxygen atoms in total. The van der Waals surface area contributed by atoms with Crippen LogP contribution in [0.5, 0.6) is 0 Å². The number of carbonyl (C=O) groups excluding carboxylic acids is 2. The van der Waals surface area contributed by atoms with Gasteiger partial charge in [-0.2, -0.15) is 5.10 Å². The highest BCUT2D eigenvalue weighted by Crippen LogP contribution is 2.58. The molecule has 0 saturated heterocycles. The number of Topliss-reactive ketones (excluding diaryl/α,β-unsaturated/α-hetero) is 1. The van der Waals surface area contributed by atoms with E-state index in [0.29, 0.717) is 12.0 Å². The summed E-state index contributed by atoms with van der Waals surface area (Å²) >= 11 is 0. The third-order valence-corrected chi connectivity index (χ3v) is 3.54. The zero-order chi connectivity index (χ0) is 13.7. The van der Waals surface area contributed by atoms with E-state index in [1.807, 2.05) is 0 Å². The number of hydrogen-bond acceptors (Lipinski definition) is 4. The van der Waals surface area contributed by atoms with Gasteiger partial charge in [0.2, 0.25) is 0 Å². The molecule has 2 aliphatic carbocycles. The lowest BCUT2D eigenvalue weighted by Crippen LogP contribution is -2.18. The minimum absolute atomic E-state index is 0.123. The fourth-order valence-corrected chi connectivity index (χ4v) is 2.70. The Balaban J connectivity index is 1.98. The van der Waals surface area contributed by atoms with Crippen molar-refractivity contribution < 1.29 is 23.1 Å².